The molecule has 9 heteroatoms. The summed E-state index contributed by atoms with van der Waals surface area (Å²) >= 11 is 0. The van der Waals surface area contributed by atoms with E-state index in [9.17, 15) is 17.8 Å². The van der Waals surface area contributed by atoms with Gasteiger partial charge in [-0.15, -0.1) is 0 Å². The SMILES string of the molecule is CCC.COC.COC.Cc1cccc(CC(=O)N2CC[N+](C)(CCS(=O)(=O)[O-])CC2)c1.c1ccccc1.c1ccccc1. The summed E-state index contributed by atoms with van der Waals surface area (Å²) in [7, 11) is 4.26. The van der Waals surface area contributed by atoms with Crippen molar-refractivity contribution in [1.82, 2.24) is 4.90 Å². The Kier molecular flexibility index (Phi) is 26.9. The summed E-state index contributed by atoms with van der Waals surface area (Å²) in [6.07, 6.45) is 1.64. The van der Waals surface area contributed by atoms with Crippen molar-refractivity contribution < 1.29 is 31.7 Å². The first-order chi connectivity index (χ1) is 20.9. The van der Waals surface area contributed by atoms with E-state index in [1.165, 1.54) is 6.42 Å². The Balaban J connectivity index is 0. The Morgan fingerprint density at radius 1 is 0.795 bits per heavy atom. The lowest BCUT2D eigenvalue weighted by molar-refractivity contribution is -0.910. The molecule has 4 rings (SSSR count). The molecule has 0 spiro atoms. The summed E-state index contributed by atoms with van der Waals surface area (Å²) < 4.78 is 41.4. The predicted octanol–water partition coefficient (Wildman–Crippen LogP) is 5.69. The number of hydrogen-bond donors (Lipinski definition) is 0. The van der Waals surface area contributed by atoms with E-state index >= 15 is 0 Å². The molecule has 1 amide bonds. The van der Waals surface area contributed by atoms with Crippen molar-refractivity contribution in [3.63, 3.8) is 0 Å². The van der Waals surface area contributed by atoms with Crippen LogP contribution in [0.1, 0.15) is 31.4 Å². The molecule has 0 saturated carbocycles. The van der Waals surface area contributed by atoms with Crippen LogP contribution in [0.3, 0.4) is 0 Å². The zero-order valence-corrected chi connectivity index (χ0v) is 29.0. The summed E-state index contributed by atoms with van der Waals surface area (Å²) in [6.45, 7) is 9.11. The van der Waals surface area contributed by atoms with Crippen molar-refractivity contribution in [2.75, 3.05) is 74.0 Å². The normalized spacial score (nSPS) is 12.8. The van der Waals surface area contributed by atoms with Crippen LogP contribution in [0.5, 0.6) is 0 Å². The number of rotatable bonds is 5. The van der Waals surface area contributed by atoms with Gasteiger partial charge in [-0.05, 0) is 12.5 Å². The molecular weight excluding hydrogens is 576 g/mol. The van der Waals surface area contributed by atoms with E-state index in [0.717, 1.165) is 11.1 Å². The maximum atomic E-state index is 12.4. The first-order valence-corrected chi connectivity index (χ1v) is 16.4. The van der Waals surface area contributed by atoms with Gasteiger partial charge in [0.25, 0.3) is 0 Å². The summed E-state index contributed by atoms with van der Waals surface area (Å²) in [4.78, 5) is 14.2. The molecule has 1 aliphatic heterocycles. The van der Waals surface area contributed by atoms with Crippen molar-refractivity contribution in [3.05, 3.63) is 108 Å². The summed E-state index contributed by atoms with van der Waals surface area (Å²) in [5, 5.41) is 0. The van der Waals surface area contributed by atoms with Crippen molar-refractivity contribution in [3.8, 4) is 0 Å². The van der Waals surface area contributed by atoms with Gasteiger partial charge in [0.15, 0.2) is 0 Å². The highest BCUT2D eigenvalue weighted by atomic mass is 32.2. The van der Waals surface area contributed by atoms with Crippen molar-refractivity contribution in [2.45, 2.75) is 33.6 Å². The molecule has 1 fully saturated rings. The largest absolute Gasteiger partial charge is 0.748 e. The predicted molar refractivity (Wildman–Crippen MR) is 182 cm³/mol. The summed E-state index contributed by atoms with van der Waals surface area (Å²) in [6, 6.07) is 31.9. The third kappa shape index (κ3) is 26.5. The van der Waals surface area contributed by atoms with E-state index in [2.05, 4.69) is 23.3 Å². The van der Waals surface area contributed by atoms with Crippen LogP contribution in [-0.2, 0) is 30.8 Å². The molecule has 0 radical (unpaired) electrons. The maximum Gasteiger partial charge on any atom is 0.227 e. The van der Waals surface area contributed by atoms with Gasteiger partial charge >= 0.3 is 0 Å². The Bertz CT molecular complexity index is 1060. The average Bonchev–Trinajstić information content (AvgIpc) is 3.00. The van der Waals surface area contributed by atoms with E-state index < -0.39 is 10.1 Å². The molecule has 0 atom stereocenters. The lowest BCUT2D eigenvalue weighted by Crippen LogP contribution is -2.59. The van der Waals surface area contributed by atoms with Gasteiger partial charge in [0, 0.05) is 28.4 Å². The lowest BCUT2D eigenvalue weighted by atomic mass is 10.1. The smallest absolute Gasteiger partial charge is 0.227 e. The highest BCUT2D eigenvalue weighted by Gasteiger charge is 2.31. The standard InChI is InChI=1S/C16H24N2O4S.2C6H6.C3H8.2C2H6O/c1-14-4-3-5-15(12-14)13-16(19)17-6-8-18(2,9-7-17)10-11-23(20,21)22;2*1-2-4-6-5-3-1;3*1-3-2/h3-5,12H,6-11,13H2,1-2H3;2*1-6H;3H2,1-2H3;2*1-2H3. The van der Waals surface area contributed by atoms with Crippen LogP contribution in [-0.4, -0.2) is 102 Å². The van der Waals surface area contributed by atoms with Crippen molar-refractivity contribution in [1.29, 1.82) is 0 Å². The quantitative estimate of drug-likeness (QED) is 0.265. The molecular formula is C35H56N2O6S. The van der Waals surface area contributed by atoms with Gasteiger partial charge in [-0.25, -0.2) is 8.42 Å². The van der Waals surface area contributed by atoms with Crippen LogP contribution in [0.4, 0.5) is 0 Å². The molecule has 0 aromatic heterocycles. The second-order valence-corrected chi connectivity index (χ2v) is 12.0. The molecule has 0 N–H and O–H groups in total. The van der Waals surface area contributed by atoms with Crippen LogP contribution in [0.2, 0.25) is 0 Å². The second kappa shape index (κ2) is 27.5. The van der Waals surface area contributed by atoms with Gasteiger partial charge in [-0.2, -0.15) is 0 Å². The van der Waals surface area contributed by atoms with Gasteiger partial charge in [0.1, 0.15) is 10.1 Å². The Labute approximate surface area is 268 Å². The fourth-order valence-electron chi connectivity index (χ4n) is 3.63. The number of carbonyl (C=O) groups excluding carboxylic acids is 1. The number of carbonyl (C=O) groups is 1. The van der Waals surface area contributed by atoms with Crippen LogP contribution in [0, 0.1) is 6.92 Å². The third-order valence-electron chi connectivity index (χ3n) is 5.82. The number of hydrogen-bond acceptors (Lipinski definition) is 6. The number of quaternary nitrogens is 1. The van der Waals surface area contributed by atoms with E-state index in [0.29, 0.717) is 43.6 Å². The molecule has 0 unspecified atom stereocenters. The third-order valence-corrected chi connectivity index (χ3v) is 6.51. The molecule has 3 aromatic carbocycles. The fraction of sp³-hybridized carbons (Fsp3) is 0.457. The number of likely N-dealkylation sites (N-methyl/N-ethyl adjacent to an activating group) is 1. The Morgan fingerprint density at radius 2 is 1.16 bits per heavy atom. The highest BCUT2D eigenvalue weighted by molar-refractivity contribution is 7.85. The molecule has 1 aliphatic rings. The fourth-order valence-corrected chi connectivity index (χ4v) is 4.30. The number of piperazine rings is 1. The number of nitrogens with zero attached hydrogens (tertiary/aromatic N) is 2. The van der Waals surface area contributed by atoms with Crippen molar-refractivity contribution in [2.24, 2.45) is 0 Å². The molecule has 44 heavy (non-hydrogen) atoms. The topological polar surface area (TPSA) is 96.0 Å². The Morgan fingerprint density at radius 3 is 1.48 bits per heavy atom. The molecule has 8 nitrogen and oxygen atoms in total. The van der Waals surface area contributed by atoms with Crippen LogP contribution < -0.4 is 0 Å². The number of ether oxygens (including phenoxy) is 2. The second-order valence-electron chi connectivity index (χ2n) is 10.4. The summed E-state index contributed by atoms with van der Waals surface area (Å²) in [5.74, 6) is -0.251. The van der Waals surface area contributed by atoms with E-state index in [1.807, 2.05) is 116 Å². The van der Waals surface area contributed by atoms with E-state index in [-0.39, 0.29) is 11.7 Å². The zero-order chi connectivity index (χ0) is 33.7. The molecule has 1 saturated heterocycles. The molecule has 1 heterocycles. The summed E-state index contributed by atoms with van der Waals surface area (Å²) in [5.41, 5.74) is 2.15. The highest BCUT2D eigenvalue weighted by Crippen LogP contribution is 2.13. The monoisotopic (exact) mass is 632 g/mol. The molecule has 0 aliphatic carbocycles. The lowest BCUT2D eigenvalue weighted by Gasteiger charge is -2.42. The molecule has 0 bridgehead atoms. The number of methoxy groups -OCH3 is 2. The van der Waals surface area contributed by atoms with Gasteiger partial charge in [0.05, 0.1) is 51.9 Å². The van der Waals surface area contributed by atoms with E-state index in [4.69, 9.17) is 0 Å². The minimum absolute atomic E-state index is 0.0956. The number of aryl methyl sites for hydroxylation is 1. The number of amides is 1. The molecule has 3 aromatic rings. The first-order valence-electron chi connectivity index (χ1n) is 14.8. The maximum absolute atomic E-state index is 12.4. The Hall–Kier alpha value is -3.08. The first kappa shape index (κ1) is 43.0. The van der Waals surface area contributed by atoms with Gasteiger partial charge < -0.3 is 23.4 Å². The van der Waals surface area contributed by atoms with Crippen LogP contribution >= 0.6 is 0 Å². The van der Waals surface area contributed by atoms with Gasteiger partial charge in [-0.1, -0.05) is 123 Å². The number of benzene rings is 3. The van der Waals surface area contributed by atoms with Crippen molar-refractivity contribution >= 4 is 16.0 Å². The minimum Gasteiger partial charge on any atom is -0.748 e. The zero-order valence-electron chi connectivity index (χ0n) is 28.1. The average molecular weight is 633 g/mol. The van der Waals surface area contributed by atoms with E-state index in [1.54, 1.807) is 28.4 Å². The van der Waals surface area contributed by atoms with Crippen LogP contribution in [0.15, 0.2) is 97.1 Å². The van der Waals surface area contributed by atoms with Gasteiger partial charge in [0.2, 0.25) is 5.91 Å². The molecule has 248 valence electrons. The minimum atomic E-state index is -4.18. The van der Waals surface area contributed by atoms with Gasteiger partial charge in [-0.3, -0.25) is 4.79 Å². The van der Waals surface area contributed by atoms with Crippen LogP contribution in [0.25, 0.3) is 0 Å².